The molecule has 1 aromatic carbocycles. The number of aryl methyl sites for hydroxylation is 1. The highest BCUT2D eigenvalue weighted by atomic mass is 16.2. The standard InChI is InChI=1S/C26H33N3O/c1-19-8-6-7-11-23(19)25-24-18-28(22-9-4-2-3-5-10-22)16-21(24)17-29(25)26(30)20-12-14-27-15-13-20/h6-8,11-15,21-22,24-25H,2-5,9-10,16-18H2,1H3/t21-,24-,25+/m0/s1. The summed E-state index contributed by atoms with van der Waals surface area (Å²) in [6.07, 6.45) is 11.7. The Balaban J connectivity index is 1.43. The number of fused-ring (bicyclic) bond motifs is 1. The highest BCUT2D eigenvalue weighted by Gasteiger charge is 2.50. The van der Waals surface area contributed by atoms with Gasteiger partial charge < -0.3 is 4.90 Å². The molecule has 0 unspecified atom stereocenters. The Morgan fingerprint density at radius 1 is 0.933 bits per heavy atom. The van der Waals surface area contributed by atoms with Crippen LogP contribution in [0.5, 0.6) is 0 Å². The number of carbonyl (C=O) groups is 1. The fraction of sp³-hybridized carbons (Fsp3) is 0.538. The van der Waals surface area contributed by atoms with Crippen LogP contribution in [0, 0.1) is 18.8 Å². The Kier molecular flexibility index (Phi) is 5.60. The van der Waals surface area contributed by atoms with E-state index in [1.807, 2.05) is 12.1 Å². The van der Waals surface area contributed by atoms with Crippen molar-refractivity contribution in [1.82, 2.24) is 14.8 Å². The summed E-state index contributed by atoms with van der Waals surface area (Å²) in [6, 6.07) is 13.3. The summed E-state index contributed by atoms with van der Waals surface area (Å²) in [5.41, 5.74) is 3.38. The second kappa shape index (κ2) is 8.50. The van der Waals surface area contributed by atoms with E-state index in [0.717, 1.165) is 31.2 Å². The molecule has 1 amide bonds. The number of amides is 1. The lowest BCUT2D eigenvalue weighted by molar-refractivity contribution is 0.0690. The zero-order valence-electron chi connectivity index (χ0n) is 18.0. The van der Waals surface area contributed by atoms with Gasteiger partial charge in [-0.2, -0.15) is 0 Å². The second-order valence-electron chi connectivity index (χ2n) is 9.52. The Labute approximate surface area is 180 Å². The largest absolute Gasteiger partial charge is 0.331 e. The van der Waals surface area contributed by atoms with Crippen LogP contribution in [0.2, 0.25) is 0 Å². The molecular weight excluding hydrogens is 370 g/mol. The van der Waals surface area contributed by atoms with Crippen LogP contribution in [-0.2, 0) is 0 Å². The average molecular weight is 404 g/mol. The Hall–Kier alpha value is -2.20. The topological polar surface area (TPSA) is 36.4 Å². The molecule has 1 saturated carbocycles. The minimum atomic E-state index is 0.154. The van der Waals surface area contributed by atoms with Crippen molar-refractivity contribution in [3.63, 3.8) is 0 Å². The summed E-state index contributed by atoms with van der Waals surface area (Å²) in [5, 5.41) is 0. The van der Waals surface area contributed by atoms with Gasteiger partial charge in [-0.05, 0) is 48.9 Å². The molecule has 2 aliphatic heterocycles. The van der Waals surface area contributed by atoms with Gasteiger partial charge in [-0.1, -0.05) is 49.9 Å². The van der Waals surface area contributed by atoms with Crippen LogP contribution in [-0.4, -0.2) is 46.4 Å². The van der Waals surface area contributed by atoms with Gasteiger partial charge in [0.15, 0.2) is 0 Å². The highest BCUT2D eigenvalue weighted by Crippen LogP contribution is 2.47. The maximum atomic E-state index is 13.5. The van der Waals surface area contributed by atoms with Gasteiger partial charge in [-0.3, -0.25) is 14.7 Å². The molecule has 3 aliphatic rings. The van der Waals surface area contributed by atoms with Crippen molar-refractivity contribution in [3.05, 3.63) is 65.5 Å². The molecule has 3 atom stereocenters. The predicted molar refractivity (Wildman–Crippen MR) is 119 cm³/mol. The fourth-order valence-corrected chi connectivity index (χ4v) is 6.19. The van der Waals surface area contributed by atoms with Crippen molar-refractivity contribution in [2.45, 2.75) is 57.5 Å². The summed E-state index contributed by atoms with van der Waals surface area (Å²) in [5.74, 6) is 1.25. The minimum absolute atomic E-state index is 0.154. The normalized spacial score (nSPS) is 27.8. The molecule has 4 heteroatoms. The highest BCUT2D eigenvalue weighted by molar-refractivity contribution is 5.94. The van der Waals surface area contributed by atoms with Crippen molar-refractivity contribution < 1.29 is 4.79 Å². The summed E-state index contributed by atoms with van der Waals surface area (Å²) < 4.78 is 0. The Morgan fingerprint density at radius 2 is 1.67 bits per heavy atom. The van der Waals surface area contributed by atoms with Crippen LogP contribution in [0.25, 0.3) is 0 Å². The first kappa shape index (κ1) is 19.7. The van der Waals surface area contributed by atoms with Crippen LogP contribution >= 0.6 is 0 Å². The lowest BCUT2D eigenvalue weighted by atomic mass is 9.87. The Bertz CT molecular complexity index is 875. The maximum absolute atomic E-state index is 13.5. The lowest BCUT2D eigenvalue weighted by Crippen LogP contribution is -2.39. The van der Waals surface area contributed by atoms with E-state index in [4.69, 9.17) is 0 Å². The Morgan fingerprint density at radius 3 is 2.40 bits per heavy atom. The van der Waals surface area contributed by atoms with Crippen molar-refractivity contribution in [3.8, 4) is 0 Å². The summed E-state index contributed by atoms with van der Waals surface area (Å²) >= 11 is 0. The maximum Gasteiger partial charge on any atom is 0.254 e. The van der Waals surface area contributed by atoms with Gasteiger partial charge in [0.05, 0.1) is 6.04 Å². The molecule has 2 saturated heterocycles. The SMILES string of the molecule is Cc1ccccc1[C@@H]1[C@H]2CN(C3CCCCCC3)C[C@H]2CN1C(=O)c1ccncc1. The van der Waals surface area contributed by atoms with E-state index in [9.17, 15) is 4.79 Å². The average Bonchev–Trinajstić information content (AvgIpc) is 3.21. The molecule has 5 rings (SSSR count). The van der Waals surface area contributed by atoms with Gasteiger partial charge >= 0.3 is 0 Å². The van der Waals surface area contributed by atoms with E-state index in [0.29, 0.717) is 11.8 Å². The number of rotatable bonds is 3. The van der Waals surface area contributed by atoms with E-state index in [-0.39, 0.29) is 11.9 Å². The van der Waals surface area contributed by atoms with Gasteiger partial charge in [-0.25, -0.2) is 0 Å². The molecule has 2 aromatic rings. The number of nitrogens with zero attached hydrogens (tertiary/aromatic N) is 3. The van der Waals surface area contributed by atoms with Crippen molar-refractivity contribution >= 4 is 5.91 Å². The van der Waals surface area contributed by atoms with Gasteiger partial charge in [0, 0.05) is 49.6 Å². The summed E-state index contributed by atoms with van der Waals surface area (Å²) in [4.78, 5) is 22.5. The van der Waals surface area contributed by atoms with Gasteiger partial charge in [0.1, 0.15) is 0 Å². The molecule has 1 aliphatic carbocycles. The van der Waals surface area contributed by atoms with E-state index in [1.165, 1.54) is 49.7 Å². The summed E-state index contributed by atoms with van der Waals surface area (Å²) in [6.45, 7) is 5.34. The quantitative estimate of drug-likeness (QED) is 0.687. The number of carbonyl (C=O) groups excluding carboxylic acids is 1. The number of benzene rings is 1. The molecule has 0 radical (unpaired) electrons. The third kappa shape index (κ3) is 3.66. The monoisotopic (exact) mass is 403 g/mol. The molecule has 3 fully saturated rings. The van der Waals surface area contributed by atoms with Crippen molar-refractivity contribution in [1.29, 1.82) is 0 Å². The van der Waals surface area contributed by atoms with Crippen LogP contribution < -0.4 is 0 Å². The molecule has 3 heterocycles. The van der Waals surface area contributed by atoms with Crippen LogP contribution in [0.1, 0.15) is 66.1 Å². The van der Waals surface area contributed by atoms with Crippen LogP contribution in [0.4, 0.5) is 0 Å². The molecule has 0 bridgehead atoms. The number of likely N-dealkylation sites (tertiary alicyclic amines) is 2. The number of aromatic nitrogens is 1. The molecule has 4 nitrogen and oxygen atoms in total. The first-order valence-corrected chi connectivity index (χ1v) is 11.7. The van der Waals surface area contributed by atoms with E-state index in [1.54, 1.807) is 12.4 Å². The third-order valence-corrected chi connectivity index (χ3v) is 7.73. The molecule has 1 aromatic heterocycles. The van der Waals surface area contributed by atoms with Crippen LogP contribution in [0.15, 0.2) is 48.8 Å². The van der Waals surface area contributed by atoms with Gasteiger partial charge in [0.25, 0.3) is 5.91 Å². The molecule has 158 valence electrons. The first-order valence-electron chi connectivity index (χ1n) is 11.7. The number of hydrogen-bond donors (Lipinski definition) is 0. The predicted octanol–water partition coefficient (Wildman–Crippen LogP) is 4.86. The summed E-state index contributed by atoms with van der Waals surface area (Å²) in [7, 11) is 0. The van der Waals surface area contributed by atoms with Gasteiger partial charge in [-0.15, -0.1) is 0 Å². The minimum Gasteiger partial charge on any atom is -0.331 e. The smallest absolute Gasteiger partial charge is 0.254 e. The molecule has 0 spiro atoms. The molecule has 0 N–H and O–H groups in total. The van der Waals surface area contributed by atoms with Crippen LogP contribution in [0.3, 0.4) is 0 Å². The van der Waals surface area contributed by atoms with E-state index < -0.39 is 0 Å². The fourth-order valence-electron chi connectivity index (χ4n) is 6.19. The second-order valence-corrected chi connectivity index (χ2v) is 9.52. The number of pyridine rings is 1. The molecule has 30 heavy (non-hydrogen) atoms. The zero-order valence-corrected chi connectivity index (χ0v) is 18.0. The first-order chi connectivity index (χ1) is 14.7. The van der Waals surface area contributed by atoms with E-state index in [2.05, 4.69) is 46.0 Å². The van der Waals surface area contributed by atoms with Gasteiger partial charge in [0.2, 0.25) is 0 Å². The van der Waals surface area contributed by atoms with Crippen molar-refractivity contribution in [2.24, 2.45) is 11.8 Å². The molecular formula is C26H33N3O. The zero-order chi connectivity index (χ0) is 20.5. The third-order valence-electron chi connectivity index (χ3n) is 7.73. The van der Waals surface area contributed by atoms with E-state index >= 15 is 0 Å². The lowest BCUT2D eigenvalue weighted by Gasteiger charge is -2.33. The number of hydrogen-bond acceptors (Lipinski definition) is 3. The van der Waals surface area contributed by atoms with Crippen molar-refractivity contribution in [2.75, 3.05) is 19.6 Å².